The van der Waals surface area contributed by atoms with Gasteiger partial charge in [0, 0.05) is 20.1 Å². The molecule has 0 fully saturated rings. The summed E-state index contributed by atoms with van der Waals surface area (Å²) in [6.07, 6.45) is 0.730. The Balaban J connectivity index is 2.72. The number of methoxy groups -OCH3 is 2. The summed E-state index contributed by atoms with van der Waals surface area (Å²) in [6.45, 7) is 4.35. The Kier molecular flexibility index (Phi) is 8.77. The van der Waals surface area contributed by atoms with Gasteiger partial charge in [0.05, 0.1) is 13.7 Å². The predicted molar refractivity (Wildman–Crippen MR) is 90.7 cm³/mol. The van der Waals surface area contributed by atoms with Gasteiger partial charge in [-0.05, 0) is 23.6 Å². The van der Waals surface area contributed by atoms with Gasteiger partial charge in [-0.3, -0.25) is 9.59 Å². The fourth-order valence-electron chi connectivity index (χ4n) is 2.21. The van der Waals surface area contributed by atoms with Crippen LogP contribution in [-0.4, -0.2) is 44.5 Å². The van der Waals surface area contributed by atoms with Crippen molar-refractivity contribution in [2.75, 3.05) is 27.4 Å². The lowest BCUT2D eigenvalue weighted by Crippen LogP contribution is -2.30. The highest BCUT2D eigenvalue weighted by molar-refractivity contribution is 5.94. The molecule has 7 heteroatoms. The Morgan fingerprint density at radius 2 is 1.84 bits per heavy atom. The lowest BCUT2D eigenvalue weighted by Gasteiger charge is -2.16. The fraction of sp³-hybridized carbons (Fsp3) is 0.556. The second-order valence-corrected chi connectivity index (χ2v) is 5.85. The molecular formula is C18H26O7. The highest BCUT2D eigenvalue weighted by Gasteiger charge is 2.31. The van der Waals surface area contributed by atoms with E-state index in [-0.39, 0.29) is 12.5 Å². The highest BCUT2D eigenvalue weighted by atomic mass is 16.5. The Bertz CT molecular complexity index is 569. The summed E-state index contributed by atoms with van der Waals surface area (Å²) in [5.74, 6) is -2.36. The molecule has 7 nitrogen and oxygen atoms in total. The minimum Gasteiger partial charge on any atom is -0.493 e. The first-order valence-electron chi connectivity index (χ1n) is 8.08. The van der Waals surface area contributed by atoms with Crippen LogP contribution in [0.15, 0.2) is 18.2 Å². The molecule has 1 rings (SSSR count). The number of benzene rings is 1. The van der Waals surface area contributed by atoms with E-state index in [1.165, 1.54) is 7.11 Å². The van der Waals surface area contributed by atoms with Gasteiger partial charge in [-0.25, -0.2) is 0 Å². The Labute approximate surface area is 147 Å². The van der Waals surface area contributed by atoms with Gasteiger partial charge >= 0.3 is 11.9 Å². The summed E-state index contributed by atoms with van der Waals surface area (Å²) < 4.78 is 21.0. The number of rotatable bonds is 11. The van der Waals surface area contributed by atoms with E-state index in [4.69, 9.17) is 24.1 Å². The van der Waals surface area contributed by atoms with Crippen molar-refractivity contribution in [2.45, 2.75) is 26.9 Å². The van der Waals surface area contributed by atoms with E-state index in [1.54, 1.807) is 39.2 Å². The minimum absolute atomic E-state index is 0.0340. The van der Waals surface area contributed by atoms with Crippen molar-refractivity contribution in [1.29, 1.82) is 0 Å². The van der Waals surface area contributed by atoms with Crippen LogP contribution in [0.3, 0.4) is 0 Å². The summed E-state index contributed by atoms with van der Waals surface area (Å²) in [5, 5.41) is 9.12. The molecule has 25 heavy (non-hydrogen) atoms. The monoisotopic (exact) mass is 354 g/mol. The van der Waals surface area contributed by atoms with Crippen molar-refractivity contribution in [3.05, 3.63) is 23.8 Å². The number of ether oxygens (including phenoxy) is 4. The number of carbonyl (C=O) groups excluding carboxylic acids is 1. The molecule has 1 unspecified atom stereocenters. The third-order valence-corrected chi connectivity index (χ3v) is 3.55. The van der Waals surface area contributed by atoms with E-state index in [0.29, 0.717) is 30.3 Å². The smallest absolute Gasteiger partial charge is 0.320 e. The zero-order chi connectivity index (χ0) is 18.8. The molecule has 1 N–H and O–H groups in total. The molecule has 0 aliphatic carbocycles. The second-order valence-electron chi connectivity index (χ2n) is 5.85. The van der Waals surface area contributed by atoms with Crippen LogP contribution >= 0.6 is 0 Å². The largest absolute Gasteiger partial charge is 0.493 e. The maximum atomic E-state index is 12.0. The lowest BCUT2D eigenvalue weighted by molar-refractivity contribution is -0.161. The molecule has 140 valence electrons. The van der Waals surface area contributed by atoms with Gasteiger partial charge in [0.2, 0.25) is 0 Å². The summed E-state index contributed by atoms with van der Waals surface area (Å²) in [4.78, 5) is 23.1. The van der Waals surface area contributed by atoms with Crippen molar-refractivity contribution >= 4 is 11.9 Å². The highest BCUT2D eigenvalue weighted by Crippen LogP contribution is 2.28. The maximum absolute atomic E-state index is 12.0. The van der Waals surface area contributed by atoms with E-state index in [0.717, 1.165) is 6.42 Å². The molecule has 0 aliphatic heterocycles. The predicted octanol–water partition coefficient (Wildman–Crippen LogP) is 2.51. The SMILES string of the molecule is COCCCOc1cc(COC(=O)C(C(=O)O)C(C)C)ccc1OC. The first-order valence-corrected chi connectivity index (χ1v) is 8.08. The van der Waals surface area contributed by atoms with Crippen LogP contribution in [0, 0.1) is 11.8 Å². The van der Waals surface area contributed by atoms with Gasteiger partial charge < -0.3 is 24.1 Å². The third-order valence-electron chi connectivity index (χ3n) is 3.55. The molecule has 0 radical (unpaired) electrons. The average Bonchev–Trinajstić information content (AvgIpc) is 2.56. The van der Waals surface area contributed by atoms with Crippen LogP contribution in [0.5, 0.6) is 11.5 Å². The van der Waals surface area contributed by atoms with Crippen LogP contribution in [-0.2, 0) is 25.7 Å². The van der Waals surface area contributed by atoms with E-state index >= 15 is 0 Å². The summed E-state index contributed by atoms with van der Waals surface area (Å²) in [5.41, 5.74) is 0.684. The molecular weight excluding hydrogens is 328 g/mol. The van der Waals surface area contributed by atoms with Crippen molar-refractivity contribution in [3.63, 3.8) is 0 Å². The molecule has 0 bridgehead atoms. The summed E-state index contributed by atoms with van der Waals surface area (Å²) in [6, 6.07) is 5.16. The van der Waals surface area contributed by atoms with Gasteiger partial charge in [0.25, 0.3) is 0 Å². The van der Waals surface area contributed by atoms with Gasteiger partial charge in [-0.2, -0.15) is 0 Å². The van der Waals surface area contributed by atoms with E-state index in [9.17, 15) is 9.59 Å². The lowest BCUT2D eigenvalue weighted by atomic mass is 9.96. The third kappa shape index (κ3) is 6.62. The summed E-state index contributed by atoms with van der Waals surface area (Å²) >= 11 is 0. The van der Waals surface area contributed by atoms with Gasteiger partial charge in [0.15, 0.2) is 17.4 Å². The molecule has 0 aliphatic rings. The van der Waals surface area contributed by atoms with Crippen LogP contribution in [0.2, 0.25) is 0 Å². The van der Waals surface area contributed by atoms with Gasteiger partial charge in [-0.15, -0.1) is 0 Å². The quantitative estimate of drug-likeness (QED) is 0.371. The number of carboxylic acid groups (broad SMARTS) is 1. The Morgan fingerprint density at radius 1 is 1.12 bits per heavy atom. The molecule has 1 atom stereocenters. The number of aliphatic carboxylic acids is 1. The molecule has 0 aromatic heterocycles. The maximum Gasteiger partial charge on any atom is 0.320 e. The first kappa shape index (κ1) is 20.8. The van der Waals surface area contributed by atoms with Gasteiger partial charge in [-0.1, -0.05) is 19.9 Å². The molecule has 0 saturated carbocycles. The topological polar surface area (TPSA) is 91.3 Å². The number of hydrogen-bond donors (Lipinski definition) is 1. The Hall–Kier alpha value is -2.28. The number of carbonyl (C=O) groups is 2. The zero-order valence-electron chi connectivity index (χ0n) is 15.1. The van der Waals surface area contributed by atoms with Crippen molar-refractivity contribution in [2.24, 2.45) is 11.8 Å². The minimum atomic E-state index is -1.18. The van der Waals surface area contributed by atoms with Gasteiger partial charge in [0.1, 0.15) is 6.61 Å². The van der Waals surface area contributed by atoms with E-state index in [2.05, 4.69) is 0 Å². The number of esters is 1. The van der Waals surface area contributed by atoms with Crippen LogP contribution in [0.25, 0.3) is 0 Å². The van der Waals surface area contributed by atoms with Crippen molar-refractivity contribution in [1.82, 2.24) is 0 Å². The number of hydrogen-bond acceptors (Lipinski definition) is 6. The standard InChI is InChI=1S/C18H26O7/c1-12(2)16(17(19)20)18(21)25-11-13-6-7-14(23-4)15(10-13)24-9-5-8-22-3/h6-7,10,12,16H,5,8-9,11H2,1-4H3,(H,19,20). The molecule has 0 amide bonds. The summed E-state index contributed by atoms with van der Waals surface area (Å²) in [7, 11) is 3.16. The molecule has 0 heterocycles. The van der Waals surface area contributed by atoms with E-state index < -0.39 is 17.9 Å². The van der Waals surface area contributed by atoms with Crippen LogP contribution in [0.4, 0.5) is 0 Å². The molecule has 1 aromatic rings. The van der Waals surface area contributed by atoms with Crippen molar-refractivity contribution in [3.8, 4) is 11.5 Å². The second kappa shape index (κ2) is 10.6. The normalized spacial score (nSPS) is 11.9. The average molecular weight is 354 g/mol. The molecule has 0 saturated heterocycles. The first-order chi connectivity index (χ1) is 11.9. The number of carboxylic acids is 1. The molecule has 0 spiro atoms. The zero-order valence-corrected chi connectivity index (χ0v) is 15.1. The van der Waals surface area contributed by atoms with Crippen LogP contribution < -0.4 is 9.47 Å². The van der Waals surface area contributed by atoms with Crippen molar-refractivity contribution < 1.29 is 33.6 Å². The Morgan fingerprint density at radius 3 is 2.40 bits per heavy atom. The van der Waals surface area contributed by atoms with Crippen LogP contribution in [0.1, 0.15) is 25.8 Å². The molecule has 1 aromatic carbocycles. The fourth-order valence-corrected chi connectivity index (χ4v) is 2.21. The van der Waals surface area contributed by atoms with E-state index in [1.807, 2.05) is 0 Å².